The zero-order chi connectivity index (χ0) is 19.0. The molecule has 1 aliphatic heterocycles. The molecule has 1 saturated heterocycles. The topological polar surface area (TPSA) is 70.7 Å². The number of carbonyl (C=O) groups is 2. The molecule has 1 aliphatic rings. The average Bonchev–Trinajstić information content (AvgIpc) is 3.08. The fourth-order valence-corrected chi connectivity index (χ4v) is 3.28. The number of anilines is 2. The molecule has 144 valence electrons. The molecule has 2 N–H and O–H groups in total. The summed E-state index contributed by atoms with van der Waals surface area (Å²) in [7, 11) is 0. The second-order valence-electron chi connectivity index (χ2n) is 7.27. The number of alkyl carbamates (subject to hydrolysis) is 1. The molecule has 1 aromatic rings. The third-order valence-corrected chi connectivity index (χ3v) is 4.73. The third-order valence-electron chi connectivity index (χ3n) is 3.77. The molecule has 2 amide bonds. The van der Waals surface area contributed by atoms with Crippen LogP contribution in [0, 0.1) is 0 Å². The Hall–Kier alpha value is -1.89. The van der Waals surface area contributed by atoms with Gasteiger partial charge in [0.15, 0.2) is 0 Å². The monoisotopic (exact) mass is 379 g/mol. The molecule has 0 aromatic heterocycles. The largest absolute Gasteiger partial charge is 0.444 e. The van der Waals surface area contributed by atoms with Gasteiger partial charge >= 0.3 is 6.09 Å². The van der Waals surface area contributed by atoms with Crippen LogP contribution in [0.4, 0.5) is 16.2 Å². The van der Waals surface area contributed by atoms with Crippen LogP contribution in [0.2, 0.25) is 0 Å². The first-order chi connectivity index (χ1) is 12.3. The van der Waals surface area contributed by atoms with E-state index in [4.69, 9.17) is 4.74 Å². The van der Waals surface area contributed by atoms with Gasteiger partial charge in [0.05, 0.1) is 5.75 Å². The van der Waals surface area contributed by atoms with Gasteiger partial charge in [0.25, 0.3) is 0 Å². The van der Waals surface area contributed by atoms with Gasteiger partial charge in [-0.3, -0.25) is 4.79 Å². The van der Waals surface area contributed by atoms with E-state index in [1.165, 1.54) is 30.3 Å². The summed E-state index contributed by atoms with van der Waals surface area (Å²) in [4.78, 5) is 25.8. The maximum Gasteiger partial charge on any atom is 0.407 e. The van der Waals surface area contributed by atoms with Gasteiger partial charge in [-0.05, 0) is 57.9 Å². The summed E-state index contributed by atoms with van der Waals surface area (Å²) in [5.74, 6) is 0.964. The molecule has 2 rings (SSSR count). The van der Waals surface area contributed by atoms with Crippen molar-refractivity contribution in [3.63, 3.8) is 0 Å². The SMILES string of the molecule is CC(C)(C)OC(=O)NCCSCC(=O)Nc1ccc(N2CCCC2)cc1. The number of hydrogen-bond donors (Lipinski definition) is 2. The predicted octanol–water partition coefficient (Wildman–Crippen LogP) is 3.48. The number of thioether (sulfide) groups is 1. The number of carbonyl (C=O) groups excluding carboxylic acids is 2. The lowest BCUT2D eigenvalue weighted by molar-refractivity contribution is -0.113. The highest BCUT2D eigenvalue weighted by molar-refractivity contribution is 7.99. The van der Waals surface area contributed by atoms with Crippen LogP contribution < -0.4 is 15.5 Å². The fourth-order valence-electron chi connectivity index (χ4n) is 2.63. The zero-order valence-electron chi connectivity index (χ0n) is 15.8. The maximum atomic E-state index is 12.0. The summed E-state index contributed by atoms with van der Waals surface area (Å²) in [6, 6.07) is 8.00. The summed E-state index contributed by atoms with van der Waals surface area (Å²) < 4.78 is 5.15. The van der Waals surface area contributed by atoms with Gasteiger partial charge in [-0.2, -0.15) is 11.8 Å². The average molecular weight is 380 g/mol. The lowest BCUT2D eigenvalue weighted by Crippen LogP contribution is -2.33. The molecular weight excluding hydrogens is 350 g/mol. The number of ether oxygens (including phenoxy) is 1. The number of amides is 2. The molecular formula is C19H29N3O3S. The van der Waals surface area contributed by atoms with Crippen molar-refractivity contribution >= 4 is 35.1 Å². The Morgan fingerprint density at radius 2 is 1.81 bits per heavy atom. The van der Waals surface area contributed by atoms with Crippen molar-refractivity contribution in [3.05, 3.63) is 24.3 Å². The first kappa shape index (κ1) is 20.4. The number of rotatable bonds is 7. The van der Waals surface area contributed by atoms with E-state index in [1.807, 2.05) is 32.9 Å². The van der Waals surface area contributed by atoms with E-state index in [1.54, 1.807) is 0 Å². The standard InChI is InChI=1S/C19H29N3O3S/c1-19(2,3)25-18(24)20-10-13-26-14-17(23)21-15-6-8-16(9-7-15)22-11-4-5-12-22/h6-9H,4-5,10-14H2,1-3H3,(H,20,24)(H,21,23). The molecule has 0 radical (unpaired) electrons. The number of nitrogens with zero attached hydrogens (tertiary/aromatic N) is 1. The van der Waals surface area contributed by atoms with Gasteiger partial charge in [0.2, 0.25) is 5.91 Å². The lowest BCUT2D eigenvalue weighted by Gasteiger charge is -2.19. The molecule has 1 heterocycles. The molecule has 0 atom stereocenters. The van der Waals surface area contributed by atoms with E-state index < -0.39 is 11.7 Å². The van der Waals surface area contributed by atoms with Crippen LogP contribution in [0.15, 0.2) is 24.3 Å². The Labute approximate surface area is 160 Å². The summed E-state index contributed by atoms with van der Waals surface area (Å²) in [5.41, 5.74) is 1.52. The highest BCUT2D eigenvalue weighted by Gasteiger charge is 2.15. The molecule has 0 bridgehead atoms. The normalized spacial score (nSPS) is 14.2. The van der Waals surface area contributed by atoms with Gasteiger partial charge in [0, 0.05) is 36.8 Å². The summed E-state index contributed by atoms with van der Waals surface area (Å²) in [6.45, 7) is 8.16. The fraction of sp³-hybridized carbons (Fsp3) is 0.579. The lowest BCUT2D eigenvalue weighted by atomic mass is 10.2. The molecule has 0 aliphatic carbocycles. The Bertz CT molecular complexity index is 593. The van der Waals surface area contributed by atoms with Gasteiger partial charge in [-0.1, -0.05) is 0 Å². The Balaban J connectivity index is 1.60. The van der Waals surface area contributed by atoms with E-state index in [2.05, 4.69) is 27.7 Å². The minimum atomic E-state index is -0.499. The van der Waals surface area contributed by atoms with Crippen molar-refractivity contribution in [3.8, 4) is 0 Å². The smallest absolute Gasteiger partial charge is 0.407 e. The van der Waals surface area contributed by atoms with Gasteiger partial charge in [0.1, 0.15) is 5.60 Å². The highest BCUT2D eigenvalue weighted by Crippen LogP contribution is 2.22. The molecule has 1 fully saturated rings. The Morgan fingerprint density at radius 3 is 2.42 bits per heavy atom. The third kappa shape index (κ3) is 7.56. The van der Waals surface area contributed by atoms with Crippen LogP contribution in [0.3, 0.4) is 0 Å². The molecule has 0 unspecified atom stereocenters. The number of nitrogens with one attached hydrogen (secondary N) is 2. The second kappa shape index (κ2) is 9.71. The van der Waals surface area contributed by atoms with E-state index in [0.29, 0.717) is 18.1 Å². The van der Waals surface area contributed by atoms with Crippen LogP contribution in [-0.4, -0.2) is 48.7 Å². The molecule has 0 spiro atoms. The predicted molar refractivity (Wildman–Crippen MR) is 108 cm³/mol. The molecule has 1 aromatic carbocycles. The number of benzene rings is 1. The summed E-state index contributed by atoms with van der Waals surface area (Å²) >= 11 is 1.47. The van der Waals surface area contributed by atoms with Crippen LogP contribution in [0.25, 0.3) is 0 Å². The zero-order valence-corrected chi connectivity index (χ0v) is 16.7. The first-order valence-electron chi connectivity index (χ1n) is 9.03. The molecule has 7 heteroatoms. The van der Waals surface area contributed by atoms with E-state index in [9.17, 15) is 9.59 Å². The van der Waals surface area contributed by atoms with E-state index >= 15 is 0 Å². The van der Waals surface area contributed by atoms with Crippen LogP contribution in [0.5, 0.6) is 0 Å². The Kier molecular flexibility index (Phi) is 7.63. The minimum Gasteiger partial charge on any atom is -0.444 e. The van der Waals surface area contributed by atoms with Crippen LogP contribution >= 0.6 is 11.8 Å². The Morgan fingerprint density at radius 1 is 1.15 bits per heavy atom. The van der Waals surface area contributed by atoms with E-state index in [0.717, 1.165) is 18.8 Å². The van der Waals surface area contributed by atoms with Crippen LogP contribution in [0.1, 0.15) is 33.6 Å². The van der Waals surface area contributed by atoms with Crippen molar-refractivity contribution in [1.29, 1.82) is 0 Å². The van der Waals surface area contributed by atoms with Crippen molar-refractivity contribution in [2.24, 2.45) is 0 Å². The summed E-state index contributed by atoms with van der Waals surface area (Å²) in [6.07, 6.45) is 2.07. The first-order valence-corrected chi connectivity index (χ1v) is 10.2. The van der Waals surface area contributed by atoms with E-state index in [-0.39, 0.29) is 5.91 Å². The molecule has 26 heavy (non-hydrogen) atoms. The molecule has 6 nitrogen and oxygen atoms in total. The highest BCUT2D eigenvalue weighted by atomic mass is 32.2. The second-order valence-corrected chi connectivity index (χ2v) is 8.38. The van der Waals surface area contributed by atoms with Crippen molar-refractivity contribution in [2.45, 2.75) is 39.2 Å². The van der Waals surface area contributed by atoms with Gasteiger partial charge in [-0.25, -0.2) is 4.79 Å². The van der Waals surface area contributed by atoms with Gasteiger partial charge < -0.3 is 20.3 Å². The minimum absolute atomic E-state index is 0.0406. The quantitative estimate of drug-likeness (QED) is 0.710. The van der Waals surface area contributed by atoms with Crippen molar-refractivity contribution in [2.75, 3.05) is 41.4 Å². The number of hydrogen-bond acceptors (Lipinski definition) is 5. The summed E-state index contributed by atoms with van der Waals surface area (Å²) in [5, 5.41) is 5.58. The van der Waals surface area contributed by atoms with Gasteiger partial charge in [-0.15, -0.1) is 0 Å². The van der Waals surface area contributed by atoms with Crippen molar-refractivity contribution < 1.29 is 14.3 Å². The maximum absolute atomic E-state index is 12.0. The van der Waals surface area contributed by atoms with Crippen molar-refractivity contribution in [1.82, 2.24) is 5.32 Å². The molecule has 0 saturated carbocycles. The van der Waals surface area contributed by atoms with Crippen LogP contribution in [-0.2, 0) is 9.53 Å².